The van der Waals surface area contributed by atoms with E-state index in [1.165, 1.54) is 43.5 Å². The van der Waals surface area contributed by atoms with Crippen LogP contribution in [0.1, 0.15) is 81.6 Å². The predicted octanol–water partition coefficient (Wildman–Crippen LogP) is 5.12. The van der Waals surface area contributed by atoms with Gasteiger partial charge >= 0.3 is 18.0 Å². The third kappa shape index (κ3) is 9.23. The van der Waals surface area contributed by atoms with Crippen LogP contribution in [0.15, 0.2) is 65.7 Å². The van der Waals surface area contributed by atoms with E-state index in [2.05, 4.69) is 15.6 Å². The second-order valence-corrected chi connectivity index (χ2v) is 11.4. The number of esters is 1. The first-order valence-corrected chi connectivity index (χ1v) is 14.0. The number of benzene rings is 3. The lowest BCUT2D eigenvalue weighted by Gasteiger charge is -2.17. The summed E-state index contributed by atoms with van der Waals surface area (Å²) in [7, 11) is 1.17. The summed E-state index contributed by atoms with van der Waals surface area (Å²) in [5.74, 6) is -2.92. The number of carboxylic acids is 1. The van der Waals surface area contributed by atoms with Crippen molar-refractivity contribution in [2.75, 3.05) is 19.0 Å². The molecule has 0 unspecified atom stereocenters. The first-order valence-electron chi connectivity index (χ1n) is 14.0. The third-order valence-corrected chi connectivity index (χ3v) is 6.20. The van der Waals surface area contributed by atoms with Crippen LogP contribution in [0.4, 0.5) is 10.5 Å². The lowest BCUT2D eigenvalue weighted by molar-refractivity contribution is 0.0592. The fourth-order valence-electron chi connectivity index (χ4n) is 4.07. The summed E-state index contributed by atoms with van der Waals surface area (Å²) >= 11 is 0. The minimum absolute atomic E-state index is 0.0320. The van der Waals surface area contributed by atoms with Gasteiger partial charge in [0.25, 0.3) is 11.8 Å². The van der Waals surface area contributed by atoms with Gasteiger partial charge in [0.2, 0.25) is 0 Å². The van der Waals surface area contributed by atoms with Gasteiger partial charge in [0.15, 0.2) is 0 Å². The summed E-state index contributed by atoms with van der Waals surface area (Å²) in [6, 6.07) is 14.3. The molecule has 0 fully saturated rings. The molecule has 0 aliphatic heterocycles. The lowest BCUT2D eigenvalue weighted by Crippen LogP contribution is -2.27. The number of hydrogen-bond donors (Lipinski definition) is 4. The minimum atomic E-state index is -1.24. The average molecular weight is 617 g/mol. The fraction of sp³-hybridized carbons (Fsp3) is 0.273. The molecule has 0 radical (unpaired) electrons. The fourth-order valence-corrected chi connectivity index (χ4v) is 4.07. The van der Waals surface area contributed by atoms with Crippen molar-refractivity contribution in [1.82, 2.24) is 5.32 Å². The molecule has 236 valence electrons. The Hall–Kier alpha value is -5.52. The molecule has 0 aliphatic carbocycles. The van der Waals surface area contributed by atoms with Crippen LogP contribution in [0.3, 0.4) is 0 Å². The number of carbonyl (C=O) groups excluding carboxylic acids is 4. The average Bonchev–Trinajstić information content (AvgIpc) is 2.98. The number of nitrogens with zero attached hydrogens (tertiary/aromatic N) is 1. The number of hydrogen-bond acceptors (Lipinski definition) is 7. The van der Waals surface area contributed by atoms with Crippen molar-refractivity contribution in [2.45, 2.75) is 40.2 Å². The van der Waals surface area contributed by atoms with Crippen LogP contribution < -0.4 is 16.4 Å². The van der Waals surface area contributed by atoms with Crippen molar-refractivity contribution in [3.8, 4) is 11.1 Å². The van der Waals surface area contributed by atoms with Crippen molar-refractivity contribution >= 4 is 41.4 Å². The number of nitrogens with two attached hydrogens (primary N) is 1. The molecule has 12 nitrogen and oxygen atoms in total. The highest BCUT2D eigenvalue weighted by Gasteiger charge is 2.23. The third-order valence-electron chi connectivity index (χ3n) is 6.20. The van der Waals surface area contributed by atoms with Gasteiger partial charge in [-0.25, -0.2) is 14.4 Å². The van der Waals surface area contributed by atoms with Crippen molar-refractivity contribution in [1.29, 1.82) is 0 Å². The Bertz CT molecular complexity index is 1650. The van der Waals surface area contributed by atoms with Crippen molar-refractivity contribution < 1.29 is 38.6 Å². The highest BCUT2D eigenvalue weighted by molar-refractivity contribution is 6.12. The van der Waals surface area contributed by atoms with Crippen LogP contribution in [0.2, 0.25) is 0 Å². The smallest absolute Gasteiger partial charge is 0.436 e. The number of carbonyl (C=O) groups is 5. The highest BCUT2D eigenvalue weighted by Crippen LogP contribution is 2.31. The van der Waals surface area contributed by atoms with E-state index < -0.39 is 35.4 Å². The van der Waals surface area contributed by atoms with E-state index in [1.54, 1.807) is 45.0 Å². The second-order valence-electron chi connectivity index (χ2n) is 11.4. The Balaban J connectivity index is 1.98. The molecule has 5 N–H and O–H groups in total. The number of aromatic carboxylic acids is 1. The first kappa shape index (κ1) is 34.0. The van der Waals surface area contributed by atoms with E-state index in [0.29, 0.717) is 17.8 Å². The van der Waals surface area contributed by atoms with Crippen LogP contribution in [0.5, 0.6) is 0 Å². The minimum Gasteiger partial charge on any atom is -0.478 e. The number of anilines is 1. The Kier molecular flexibility index (Phi) is 10.8. The van der Waals surface area contributed by atoms with E-state index in [1.807, 2.05) is 13.8 Å². The summed E-state index contributed by atoms with van der Waals surface area (Å²) in [6.45, 7) is 9.41. The Morgan fingerprint density at radius 2 is 1.47 bits per heavy atom. The molecule has 0 saturated carbocycles. The van der Waals surface area contributed by atoms with Gasteiger partial charge in [0, 0.05) is 28.9 Å². The molecule has 12 heteroatoms. The zero-order chi connectivity index (χ0) is 33.5. The van der Waals surface area contributed by atoms with Crippen LogP contribution in [-0.4, -0.2) is 60.0 Å². The van der Waals surface area contributed by atoms with Gasteiger partial charge in [-0.3, -0.25) is 9.59 Å². The molecule has 3 amide bonds. The first-order chi connectivity index (χ1) is 21.1. The molecule has 0 spiro atoms. The molecule has 0 saturated heterocycles. The van der Waals surface area contributed by atoms with E-state index in [4.69, 9.17) is 15.2 Å². The summed E-state index contributed by atoms with van der Waals surface area (Å²) in [6.07, 6.45) is -0.842. The number of methoxy groups -OCH3 is 1. The maximum Gasteiger partial charge on any atom is 0.436 e. The maximum atomic E-state index is 13.5. The van der Waals surface area contributed by atoms with Gasteiger partial charge in [0.05, 0.1) is 18.2 Å². The monoisotopic (exact) mass is 616 g/mol. The molecule has 45 heavy (non-hydrogen) atoms. The van der Waals surface area contributed by atoms with E-state index >= 15 is 0 Å². The largest absolute Gasteiger partial charge is 0.478 e. The van der Waals surface area contributed by atoms with Gasteiger partial charge in [0.1, 0.15) is 11.4 Å². The van der Waals surface area contributed by atoms with E-state index in [0.717, 1.165) is 0 Å². The van der Waals surface area contributed by atoms with Crippen LogP contribution in [0.25, 0.3) is 11.1 Å². The van der Waals surface area contributed by atoms with Crippen LogP contribution in [-0.2, 0) is 9.47 Å². The Morgan fingerprint density at radius 3 is 2.04 bits per heavy atom. The molecular weight excluding hydrogens is 580 g/mol. The number of amides is 3. The molecule has 0 atom stereocenters. The molecule has 0 heterocycles. The Morgan fingerprint density at radius 1 is 0.844 bits per heavy atom. The molecule has 3 rings (SSSR count). The number of ether oxygens (including phenoxy) is 2. The molecule has 3 aromatic carbocycles. The van der Waals surface area contributed by atoms with Gasteiger partial charge < -0.3 is 30.9 Å². The molecule has 0 aromatic heterocycles. The summed E-state index contributed by atoms with van der Waals surface area (Å²) in [4.78, 5) is 66.6. The van der Waals surface area contributed by atoms with Crippen molar-refractivity contribution in [3.05, 3.63) is 88.5 Å². The number of amidine groups is 1. The normalized spacial score (nSPS) is 11.5. The molecule has 3 aromatic rings. The quantitative estimate of drug-likeness (QED) is 0.144. The zero-order valence-corrected chi connectivity index (χ0v) is 25.9. The highest BCUT2D eigenvalue weighted by atomic mass is 16.6. The molecular formula is C33H36N4O8. The molecule has 0 bridgehead atoms. The summed E-state index contributed by atoms with van der Waals surface area (Å²) in [5, 5.41) is 15.2. The predicted molar refractivity (Wildman–Crippen MR) is 169 cm³/mol. The van der Waals surface area contributed by atoms with Gasteiger partial charge in [-0.05, 0) is 92.4 Å². The summed E-state index contributed by atoms with van der Waals surface area (Å²) in [5.41, 5.74) is 6.37. The van der Waals surface area contributed by atoms with Crippen molar-refractivity contribution in [3.63, 3.8) is 0 Å². The number of rotatable bonds is 9. The number of aliphatic imine (C=N–C) groups is 1. The second kappa shape index (κ2) is 14.3. The van der Waals surface area contributed by atoms with Gasteiger partial charge in [-0.2, -0.15) is 4.99 Å². The topological polar surface area (TPSA) is 186 Å². The number of nitrogens with one attached hydrogen (secondary N) is 2. The van der Waals surface area contributed by atoms with E-state index in [9.17, 15) is 29.1 Å². The van der Waals surface area contributed by atoms with Gasteiger partial charge in [-0.1, -0.05) is 19.9 Å². The van der Waals surface area contributed by atoms with Gasteiger partial charge in [-0.15, -0.1) is 0 Å². The van der Waals surface area contributed by atoms with E-state index in [-0.39, 0.29) is 45.1 Å². The zero-order valence-electron chi connectivity index (χ0n) is 25.9. The number of carboxylic acid groups (broad SMARTS) is 1. The lowest BCUT2D eigenvalue weighted by atomic mass is 9.91. The SMILES string of the molecule is COC(=O)c1cc(C(=O)NCC(C)C)ccc1-c1cc(C(=O)O)ccc1C(=O)Nc1ccc(/C(N)=N\C(=O)OC(C)(C)C)cc1. The standard InChI is InChI=1S/C33H36N4O8/c1-18(2)17-35-28(38)20-9-13-23(26(15-20)31(42)44-6)25-16-21(30(40)41)10-14-24(25)29(39)36-22-11-7-19(8-12-22)27(34)37-32(43)45-33(3,4)5/h7-16,18H,17H2,1-6H3,(H,35,38)(H,36,39)(H,40,41)(H2,34,37,43). The summed E-state index contributed by atoms with van der Waals surface area (Å²) < 4.78 is 10.1. The van der Waals surface area contributed by atoms with Crippen molar-refractivity contribution in [2.24, 2.45) is 16.6 Å². The Labute approximate surface area is 260 Å². The maximum absolute atomic E-state index is 13.5. The van der Waals surface area contributed by atoms with Crippen LogP contribution in [0, 0.1) is 5.92 Å². The van der Waals surface area contributed by atoms with Crippen LogP contribution >= 0.6 is 0 Å². The molecule has 0 aliphatic rings.